The van der Waals surface area contributed by atoms with Crippen LogP contribution in [0.3, 0.4) is 0 Å². The molecular formula is C12H28N2O. The third-order valence-electron chi connectivity index (χ3n) is 2.37. The molecule has 0 fully saturated rings. The fraction of sp³-hybridized carbons (Fsp3) is 1.00. The molecule has 0 aromatic rings. The van der Waals surface area contributed by atoms with Gasteiger partial charge in [-0.05, 0) is 32.2 Å². The van der Waals surface area contributed by atoms with Crippen molar-refractivity contribution in [3.8, 4) is 0 Å². The summed E-state index contributed by atoms with van der Waals surface area (Å²) in [5, 5.41) is 0. The Labute approximate surface area is 95.0 Å². The van der Waals surface area contributed by atoms with Crippen LogP contribution < -0.4 is 5.73 Å². The van der Waals surface area contributed by atoms with Crippen molar-refractivity contribution in [3.05, 3.63) is 0 Å². The number of nitrogens with zero attached hydrogens (tertiary/aromatic N) is 1. The van der Waals surface area contributed by atoms with E-state index in [0.717, 1.165) is 38.6 Å². The van der Waals surface area contributed by atoms with Crippen molar-refractivity contribution < 1.29 is 4.74 Å². The first-order chi connectivity index (χ1) is 7.06. The highest BCUT2D eigenvalue weighted by Gasteiger charge is 2.07. The van der Waals surface area contributed by atoms with Gasteiger partial charge < -0.3 is 15.4 Å². The Morgan fingerprint density at radius 1 is 1.20 bits per heavy atom. The molecule has 1 atom stereocenters. The van der Waals surface area contributed by atoms with Gasteiger partial charge in [0.2, 0.25) is 0 Å². The van der Waals surface area contributed by atoms with Gasteiger partial charge in [-0.2, -0.15) is 0 Å². The third kappa shape index (κ3) is 10.2. The fourth-order valence-corrected chi connectivity index (χ4v) is 1.67. The lowest BCUT2D eigenvalue weighted by atomic mass is 10.1. The molecular weight excluding hydrogens is 188 g/mol. The van der Waals surface area contributed by atoms with Gasteiger partial charge in [-0.1, -0.05) is 13.8 Å². The summed E-state index contributed by atoms with van der Waals surface area (Å²) in [7, 11) is 1.76. The second kappa shape index (κ2) is 9.13. The molecule has 3 nitrogen and oxygen atoms in total. The maximum absolute atomic E-state index is 5.74. The molecule has 0 aliphatic rings. The highest BCUT2D eigenvalue weighted by atomic mass is 16.5. The van der Waals surface area contributed by atoms with Gasteiger partial charge in [-0.3, -0.25) is 0 Å². The van der Waals surface area contributed by atoms with Crippen LogP contribution in [0.15, 0.2) is 0 Å². The van der Waals surface area contributed by atoms with Crippen LogP contribution in [0.25, 0.3) is 0 Å². The van der Waals surface area contributed by atoms with Gasteiger partial charge in [-0.25, -0.2) is 0 Å². The van der Waals surface area contributed by atoms with E-state index >= 15 is 0 Å². The quantitative estimate of drug-likeness (QED) is 0.638. The van der Waals surface area contributed by atoms with Crippen molar-refractivity contribution in [2.75, 3.05) is 33.4 Å². The van der Waals surface area contributed by atoms with E-state index in [1.165, 1.54) is 6.42 Å². The van der Waals surface area contributed by atoms with E-state index in [1.54, 1.807) is 7.11 Å². The van der Waals surface area contributed by atoms with E-state index in [1.807, 2.05) is 0 Å². The Bertz CT molecular complexity index is 138. The molecule has 0 aromatic heterocycles. The summed E-state index contributed by atoms with van der Waals surface area (Å²) in [6, 6.07) is 0.327. The van der Waals surface area contributed by atoms with Gasteiger partial charge >= 0.3 is 0 Å². The van der Waals surface area contributed by atoms with Crippen molar-refractivity contribution in [3.63, 3.8) is 0 Å². The fourth-order valence-electron chi connectivity index (χ4n) is 1.67. The molecule has 0 aliphatic carbocycles. The van der Waals surface area contributed by atoms with Crippen LogP contribution in [0.4, 0.5) is 0 Å². The summed E-state index contributed by atoms with van der Waals surface area (Å²) in [6.07, 6.45) is 2.30. The van der Waals surface area contributed by atoms with E-state index in [9.17, 15) is 0 Å². The summed E-state index contributed by atoms with van der Waals surface area (Å²) in [4.78, 5) is 2.47. The van der Waals surface area contributed by atoms with Crippen LogP contribution in [-0.2, 0) is 4.74 Å². The van der Waals surface area contributed by atoms with Gasteiger partial charge in [0, 0.05) is 26.2 Å². The lowest BCUT2D eigenvalue weighted by Gasteiger charge is -2.24. The van der Waals surface area contributed by atoms with Crippen LogP contribution in [0.1, 0.15) is 33.6 Å². The SMILES string of the molecule is COCCN(CCCC(C)N)CC(C)C. The second-order valence-electron chi connectivity index (χ2n) is 4.81. The van der Waals surface area contributed by atoms with Crippen molar-refractivity contribution in [2.45, 2.75) is 39.7 Å². The maximum Gasteiger partial charge on any atom is 0.0589 e. The molecule has 0 rings (SSSR count). The summed E-state index contributed by atoms with van der Waals surface area (Å²) in [5.74, 6) is 0.720. The number of hydrogen-bond acceptors (Lipinski definition) is 3. The number of hydrogen-bond donors (Lipinski definition) is 1. The van der Waals surface area contributed by atoms with E-state index < -0.39 is 0 Å². The lowest BCUT2D eigenvalue weighted by Crippen LogP contribution is -2.32. The van der Waals surface area contributed by atoms with Gasteiger partial charge in [0.1, 0.15) is 0 Å². The van der Waals surface area contributed by atoms with Crippen LogP contribution >= 0.6 is 0 Å². The summed E-state index contributed by atoms with van der Waals surface area (Å²) in [5.41, 5.74) is 5.74. The Hall–Kier alpha value is -0.120. The Morgan fingerprint density at radius 2 is 1.87 bits per heavy atom. The molecule has 0 aliphatic heterocycles. The van der Waals surface area contributed by atoms with Crippen LogP contribution in [0, 0.1) is 5.92 Å². The molecule has 0 heterocycles. The first-order valence-electron chi connectivity index (χ1n) is 6.03. The topological polar surface area (TPSA) is 38.5 Å². The minimum Gasteiger partial charge on any atom is -0.383 e. The summed E-state index contributed by atoms with van der Waals surface area (Å²) in [6.45, 7) is 10.7. The molecule has 0 spiro atoms. The molecule has 0 saturated heterocycles. The van der Waals surface area contributed by atoms with Gasteiger partial charge in [0.15, 0.2) is 0 Å². The van der Waals surface area contributed by atoms with Crippen molar-refractivity contribution in [2.24, 2.45) is 11.7 Å². The monoisotopic (exact) mass is 216 g/mol. The Kier molecular flexibility index (Phi) is 9.06. The minimum absolute atomic E-state index is 0.327. The zero-order chi connectivity index (χ0) is 11.7. The third-order valence-corrected chi connectivity index (χ3v) is 2.37. The molecule has 2 N–H and O–H groups in total. The normalized spacial score (nSPS) is 13.8. The zero-order valence-corrected chi connectivity index (χ0v) is 10.8. The number of rotatable bonds is 9. The molecule has 0 saturated carbocycles. The van der Waals surface area contributed by atoms with Gasteiger partial charge in [-0.15, -0.1) is 0 Å². The van der Waals surface area contributed by atoms with Gasteiger partial charge in [0.05, 0.1) is 6.61 Å². The van der Waals surface area contributed by atoms with E-state index in [2.05, 4.69) is 25.7 Å². The van der Waals surface area contributed by atoms with Crippen molar-refractivity contribution in [1.29, 1.82) is 0 Å². The average Bonchev–Trinajstić information content (AvgIpc) is 2.12. The lowest BCUT2D eigenvalue weighted by molar-refractivity contribution is 0.138. The Balaban J connectivity index is 3.69. The molecule has 0 aromatic carbocycles. The standard InChI is InChI=1S/C12H28N2O/c1-11(2)10-14(8-9-15-4)7-5-6-12(3)13/h11-12H,5-10,13H2,1-4H3. The largest absolute Gasteiger partial charge is 0.383 e. The van der Waals surface area contributed by atoms with Crippen LogP contribution in [0.2, 0.25) is 0 Å². The number of methoxy groups -OCH3 is 1. The minimum atomic E-state index is 0.327. The maximum atomic E-state index is 5.74. The van der Waals surface area contributed by atoms with E-state index in [0.29, 0.717) is 6.04 Å². The first-order valence-corrected chi connectivity index (χ1v) is 6.03. The smallest absolute Gasteiger partial charge is 0.0589 e. The average molecular weight is 216 g/mol. The predicted molar refractivity (Wildman–Crippen MR) is 66.0 cm³/mol. The summed E-state index contributed by atoms with van der Waals surface area (Å²) >= 11 is 0. The zero-order valence-electron chi connectivity index (χ0n) is 10.8. The highest BCUT2D eigenvalue weighted by Crippen LogP contribution is 2.02. The van der Waals surface area contributed by atoms with Crippen molar-refractivity contribution >= 4 is 0 Å². The van der Waals surface area contributed by atoms with Gasteiger partial charge in [0.25, 0.3) is 0 Å². The molecule has 1 unspecified atom stereocenters. The van der Waals surface area contributed by atoms with E-state index in [-0.39, 0.29) is 0 Å². The highest BCUT2D eigenvalue weighted by molar-refractivity contribution is 4.62. The molecule has 15 heavy (non-hydrogen) atoms. The molecule has 3 heteroatoms. The molecule has 0 bridgehead atoms. The van der Waals surface area contributed by atoms with Crippen LogP contribution in [0.5, 0.6) is 0 Å². The van der Waals surface area contributed by atoms with Crippen LogP contribution in [-0.4, -0.2) is 44.3 Å². The first kappa shape index (κ1) is 14.9. The predicted octanol–water partition coefficient (Wildman–Crippen LogP) is 1.72. The van der Waals surface area contributed by atoms with Crippen molar-refractivity contribution in [1.82, 2.24) is 4.90 Å². The molecule has 92 valence electrons. The van der Waals surface area contributed by atoms with E-state index in [4.69, 9.17) is 10.5 Å². The Morgan fingerprint density at radius 3 is 2.33 bits per heavy atom. The molecule has 0 amide bonds. The summed E-state index contributed by atoms with van der Waals surface area (Å²) < 4.78 is 5.11. The second-order valence-corrected chi connectivity index (χ2v) is 4.81. The molecule has 0 radical (unpaired) electrons. The number of ether oxygens (including phenoxy) is 1. The number of nitrogens with two attached hydrogens (primary N) is 1.